The first kappa shape index (κ1) is 11.7. The van der Waals surface area contributed by atoms with Gasteiger partial charge in [0.05, 0.1) is 25.2 Å². The van der Waals surface area contributed by atoms with E-state index in [-0.39, 0.29) is 6.04 Å². The number of aromatic nitrogens is 2. The van der Waals surface area contributed by atoms with Gasteiger partial charge in [0.1, 0.15) is 5.75 Å². The molecule has 0 aliphatic rings. The summed E-state index contributed by atoms with van der Waals surface area (Å²) in [6.45, 7) is 2.04. The van der Waals surface area contributed by atoms with Crippen molar-refractivity contribution in [3.05, 3.63) is 47.5 Å². The molecule has 0 saturated heterocycles. The van der Waals surface area contributed by atoms with Crippen molar-refractivity contribution >= 4 is 0 Å². The van der Waals surface area contributed by atoms with E-state index in [9.17, 15) is 0 Å². The summed E-state index contributed by atoms with van der Waals surface area (Å²) in [5.74, 6) is 0.800. The van der Waals surface area contributed by atoms with Crippen LogP contribution in [0.2, 0.25) is 0 Å². The van der Waals surface area contributed by atoms with Gasteiger partial charge in [0.15, 0.2) is 0 Å². The Bertz CT molecular complexity index is 519. The van der Waals surface area contributed by atoms with E-state index in [4.69, 9.17) is 10.5 Å². The lowest BCUT2D eigenvalue weighted by molar-refractivity contribution is 0.407. The molecule has 0 saturated carbocycles. The minimum atomic E-state index is -0.258. The molecule has 1 atom stereocenters. The van der Waals surface area contributed by atoms with E-state index in [1.807, 2.05) is 42.9 Å². The summed E-state index contributed by atoms with van der Waals surface area (Å²) in [6.07, 6.45) is 3.67. The lowest BCUT2D eigenvalue weighted by Crippen LogP contribution is -2.13. The fraction of sp³-hybridized carbons (Fsp3) is 0.308. The van der Waals surface area contributed by atoms with Crippen LogP contribution in [-0.4, -0.2) is 16.7 Å². The second-order valence-electron chi connectivity index (χ2n) is 4.19. The maximum atomic E-state index is 6.22. The average molecular weight is 231 g/mol. The molecule has 1 aromatic carbocycles. The molecule has 0 bridgehead atoms. The van der Waals surface area contributed by atoms with E-state index in [1.54, 1.807) is 13.4 Å². The first-order valence-corrected chi connectivity index (χ1v) is 5.50. The summed E-state index contributed by atoms with van der Waals surface area (Å²) in [6, 6.07) is 5.73. The van der Waals surface area contributed by atoms with Gasteiger partial charge in [-0.05, 0) is 13.0 Å². The van der Waals surface area contributed by atoms with Crippen molar-refractivity contribution in [2.24, 2.45) is 12.8 Å². The van der Waals surface area contributed by atoms with Gasteiger partial charge in [0.2, 0.25) is 0 Å². The molecule has 0 spiro atoms. The van der Waals surface area contributed by atoms with E-state index >= 15 is 0 Å². The Morgan fingerprint density at radius 2 is 2.18 bits per heavy atom. The Balaban J connectivity index is 2.42. The zero-order chi connectivity index (χ0) is 12.4. The second kappa shape index (κ2) is 4.59. The molecule has 2 rings (SSSR count). The summed E-state index contributed by atoms with van der Waals surface area (Å²) in [4.78, 5) is 4.28. The molecule has 1 aromatic heterocycles. The maximum Gasteiger partial charge on any atom is 0.124 e. The molecular formula is C13H17N3O. The number of rotatable bonds is 3. The SMILES string of the molecule is COc1ccc(C)cc1C(N)c1cn(C)cn1. The number of methoxy groups -OCH3 is 1. The quantitative estimate of drug-likeness (QED) is 0.876. The third kappa shape index (κ3) is 2.31. The Morgan fingerprint density at radius 3 is 2.76 bits per heavy atom. The van der Waals surface area contributed by atoms with Gasteiger partial charge in [-0.3, -0.25) is 0 Å². The summed E-state index contributed by atoms with van der Waals surface area (Å²) in [5.41, 5.74) is 9.19. The van der Waals surface area contributed by atoms with E-state index < -0.39 is 0 Å². The van der Waals surface area contributed by atoms with Crippen LogP contribution in [0.5, 0.6) is 5.75 Å². The van der Waals surface area contributed by atoms with Crippen molar-refractivity contribution in [1.29, 1.82) is 0 Å². The fourth-order valence-corrected chi connectivity index (χ4v) is 1.85. The highest BCUT2D eigenvalue weighted by Crippen LogP contribution is 2.28. The van der Waals surface area contributed by atoms with Crippen LogP contribution in [0.1, 0.15) is 22.9 Å². The van der Waals surface area contributed by atoms with E-state index in [0.29, 0.717) is 0 Å². The second-order valence-corrected chi connectivity index (χ2v) is 4.19. The van der Waals surface area contributed by atoms with Gasteiger partial charge in [0, 0.05) is 18.8 Å². The predicted octanol–water partition coefficient (Wildman–Crippen LogP) is 1.79. The molecule has 17 heavy (non-hydrogen) atoms. The van der Waals surface area contributed by atoms with Gasteiger partial charge >= 0.3 is 0 Å². The number of nitrogens with two attached hydrogens (primary N) is 1. The van der Waals surface area contributed by atoms with Crippen molar-refractivity contribution < 1.29 is 4.74 Å². The van der Waals surface area contributed by atoms with Gasteiger partial charge in [-0.1, -0.05) is 17.7 Å². The monoisotopic (exact) mass is 231 g/mol. The van der Waals surface area contributed by atoms with E-state index in [1.165, 1.54) is 0 Å². The number of hydrogen-bond donors (Lipinski definition) is 1. The summed E-state index contributed by atoms with van der Waals surface area (Å²) < 4.78 is 7.22. The van der Waals surface area contributed by atoms with Crippen molar-refractivity contribution in [2.45, 2.75) is 13.0 Å². The van der Waals surface area contributed by atoms with E-state index in [0.717, 1.165) is 22.6 Å². The van der Waals surface area contributed by atoms with Crippen LogP contribution in [-0.2, 0) is 7.05 Å². The highest BCUT2D eigenvalue weighted by atomic mass is 16.5. The predicted molar refractivity (Wildman–Crippen MR) is 67.0 cm³/mol. The van der Waals surface area contributed by atoms with Crippen molar-refractivity contribution in [1.82, 2.24) is 9.55 Å². The van der Waals surface area contributed by atoms with Crippen LogP contribution in [0, 0.1) is 6.92 Å². The summed E-state index contributed by atoms with van der Waals surface area (Å²) in [7, 11) is 3.58. The highest BCUT2D eigenvalue weighted by molar-refractivity contribution is 5.41. The zero-order valence-electron chi connectivity index (χ0n) is 10.3. The molecular weight excluding hydrogens is 214 g/mol. The number of aryl methyl sites for hydroxylation is 2. The first-order chi connectivity index (χ1) is 8.11. The van der Waals surface area contributed by atoms with Crippen LogP contribution >= 0.6 is 0 Å². The minimum Gasteiger partial charge on any atom is -0.496 e. The van der Waals surface area contributed by atoms with Crippen LogP contribution < -0.4 is 10.5 Å². The Morgan fingerprint density at radius 1 is 1.41 bits per heavy atom. The number of benzene rings is 1. The van der Waals surface area contributed by atoms with Gasteiger partial charge in [0.25, 0.3) is 0 Å². The van der Waals surface area contributed by atoms with Crippen LogP contribution in [0.25, 0.3) is 0 Å². The topological polar surface area (TPSA) is 53.1 Å². The molecule has 4 heteroatoms. The largest absolute Gasteiger partial charge is 0.496 e. The lowest BCUT2D eigenvalue weighted by atomic mass is 10.0. The van der Waals surface area contributed by atoms with E-state index in [2.05, 4.69) is 4.98 Å². The van der Waals surface area contributed by atoms with Gasteiger partial charge in [-0.25, -0.2) is 4.98 Å². The fourth-order valence-electron chi connectivity index (χ4n) is 1.85. The molecule has 0 aliphatic carbocycles. The zero-order valence-corrected chi connectivity index (χ0v) is 10.3. The van der Waals surface area contributed by atoms with Crippen molar-refractivity contribution in [3.63, 3.8) is 0 Å². The third-order valence-electron chi connectivity index (χ3n) is 2.76. The van der Waals surface area contributed by atoms with Crippen LogP contribution in [0.15, 0.2) is 30.7 Å². The first-order valence-electron chi connectivity index (χ1n) is 5.50. The molecule has 1 unspecified atom stereocenters. The number of ether oxygens (including phenoxy) is 1. The van der Waals surface area contributed by atoms with Gasteiger partial charge in [-0.15, -0.1) is 0 Å². The van der Waals surface area contributed by atoms with Crippen LogP contribution in [0.3, 0.4) is 0 Å². The smallest absolute Gasteiger partial charge is 0.124 e. The normalized spacial score (nSPS) is 12.5. The van der Waals surface area contributed by atoms with Crippen LogP contribution in [0.4, 0.5) is 0 Å². The number of imidazole rings is 1. The molecule has 0 amide bonds. The minimum absolute atomic E-state index is 0.258. The Labute approximate surface area is 101 Å². The lowest BCUT2D eigenvalue weighted by Gasteiger charge is -2.14. The molecule has 1 heterocycles. The number of hydrogen-bond acceptors (Lipinski definition) is 3. The van der Waals surface area contributed by atoms with Crippen molar-refractivity contribution in [3.8, 4) is 5.75 Å². The summed E-state index contributed by atoms with van der Waals surface area (Å²) in [5, 5.41) is 0. The Kier molecular flexibility index (Phi) is 3.15. The third-order valence-corrected chi connectivity index (χ3v) is 2.76. The average Bonchev–Trinajstić information content (AvgIpc) is 2.75. The molecule has 0 aliphatic heterocycles. The molecule has 4 nitrogen and oxygen atoms in total. The number of nitrogens with zero attached hydrogens (tertiary/aromatic N) is 2. The Hall–Kier alpha value is -1.81. The standard InChI is InChI=1S/C13H17N3O/c1-9-4-5-12(17-3)10(6-9)13(14)11-7-16(2)8-15-11/h4-8,13H,14H2,1-3H3. The maximum absolute atomic E-state index is 6.22. The van der Waals surface area contributed by atoms with Crippen molar-refractivity contribution in [2.75, 3.05) is 7.11 Å². The molecule has 0 radical (unpaired) electrons. The summed E-state index contributed by atoms with van der Waals surface area (Å²) >= 11 is 0. The molecule has 2 N–H and O–H groups in total. The van der Waals surface area contributed by atoms with Gasteiger partial charge in [-0.2, -0.15) is 0 Å². The van der Waals surface area contributed by atoms with Gasteiger partial charge < -0.3 is 15.0 Å². The molecule has 2 aromatic rings. The molecule has 90 valence electrons. The highest BCUT2D eigenvalue weighted by Gasteiger charge is 2.16. The molecule has 0 fully saturated rings.